The van der Waals surface area contributed by atoms with Crippen molar-refractivity contribution < 1.29 is 14.3 Å². The molecule has 0 bridgehead atoms. The van der Waals surface area contributed by atoms with Gasteiger partial charge in [0, 0.05) is 7.05 Å². The fourth-order valence-electron chi connectivity index (χ4n) is 0.882. The number of aromatic nitrogens is 2. The van der Waals surface area contributed by atoms with E-state index in [0.717, 1.165) is 0 Å². The molecule has 1 aromatic rings. The highest BCUT2D eigenvalue weighted by Gasteiger charge is 2.22. The zero-order valence-corrected chi connectivity index (χ0v) is 6.78. The molecule has 1 atom stereocenters. The van der Waals surface area contributed by atoms with Crippen LogP contribution in [0.1, 0.15) is 17.7 Å². The monoisotopic (exact) mass is 172 g/mol. The predicted molar refractivity (Wildman–Crippen MR) is 39.4 cm³/mol. The SMILES string of the molecule is Cc1ncc(C(F)C(=O)O)n1C. The first-order chi connectivity index (χ1) is 5.54. The van der Waals surface area contributed by atoms with Gasteiger partial charge in [0.2, 0.25) is 6.17 Å². The minimum absolute atomic E-state index is 0.0694. The lowest BCUT2D eigenvalue weighted by atomic mass is 10.3. The summed E-state index contributed by atoms with van der Waals surface area (Å²) in [6.45, 7) is 1.68. The van der Waals surface area contributed by atoms with Crippen LogP contribution in [0.15, 0.2) is 6.20 Å². The number of rotatable bonds is 2. The second-order valence-corrected chi connectivity index (χ2v) is 2.49. The average molecular weight is 172 g/mol. The third-order valence-electron chi connectivity index (χ3n) is 1.73. The minimum atomic E-state index is -1.99. The van der Waals surface area contributed by atoms with Crippen molar-refractivity contribution in [1.82, 2.24) is 9.55 Å². The maximum Gasteiger partial charge on any atom is 0.344 e. The maximum atomic E-state index is 12.9. The van der Waals surface area contributed by atoms with Gasteiger partial charge >= 0.3 is 5.97 Å². The van der Waals surface area contributed by atoms with Gasteiger partial charge in [0.1, 0.15) is 5.82 Å². The number of alkyl halides is 1. The molecule has 1 rings (SSSR count). The molecule has 0 aromatic carbocycles. The van der Waals surface area contributed by atoms with Gasteiger partial charge in [-0.15, -0.1) is 0 Å². The van der Waals surface area contributed by atoms with E-state index >= 15 is 0 Å². The largest absolute Gasteiger partial charge is 0.479 e. The number of nitrogens with zero attached hydrogens (tertiary/aromatic N) is 2. The third kappa shape index (κ3) is 1.30. The van der Waals surface area contributed by atoms with Gasteiger partial charge in [-0.3, -0.25) is 0 Å². The molecule has 1 unspecified atom stereocenters. The van der Waals surface area contributed by atoms with Crippen LogP contribution in [0.25, 0.3) is 0 Å². The van der Waals surface area contributed by atoms with Crippen molar-refractivity contribution >= 4 is 5.97 Å². The Morgan fingerprint density at radius 2 is 2.42 bits per heavy atom. The van der Waals surface area contributed by atoms with Crippen LogP contribution in [0, 0.1) is 6.92 Å². The summed E-state index contributed by atoms with van der Waals surface area (Å²) in [6, 6.07) is 0. The third-order valence-corrected chi connectivity index (χ3v) is 1.73. The Balaban J connectivity index is 3.03. The first-order valence-electron chi connectivity index (χ1n) is 3.39. The summed E-state index contributed by atoms with van der Waals surface area (Å²) in [6.07, 6.45) is -0.759. The number of carboxylic acid groups (broad SMARTS) is 1. The van der Waals surface area contributed by atoms with Crippen LogP contribution in [0.5, 0.6) is 0 Å². The van der Waals surface area contributed by atoms with Gasteiger partial charge in [-0.05, 0) is 6.92 Å². The van der Waals surface area contributed by atoms with Crippen LogP contribution in [0.2, 0.25) is 0 Å². The van der Waals surface area contributed by atoms with E-state index in [1.54, 1.807) is 14.0 Å². The highest BCUT2D eigenvalue weighted by Crippen LogP contribution is 2.17. The highest BCUT2D eigenvalue weighted by atomic mass is 19.1. The normalized spacial score (nSPS) is 12.9. The van der Waals surface area contributed by atoms with Crippen LogP contribution in [0.4, 0.5) is 4.39 Å². The Labute approximate surface area is 68.7 Å². The van der Waals surface area contributed by atoms with E-state index in [-0.39, 0.29) is 5.69 Å². The van der Waals surface area contributed by atoms with Crippen LogP contribution in [-0.2, 0) is 11.8 Å². The van der Waals surface area contributed by atoms with Gasteiger partial charge in [-0.25, -0.2) is 14.2 Å². The van der Waals surface area contributed by atoms with E-state index in [9.17, 15) is 9.18 Å². The molecule has 0 aliphatic carbocycles. The fraction of sp³-hybridized carbons (Fsp3) is 0.429. The van der Waals surface area contributed by atoms with E-state index in [4.69, 9.17) is 5.11 Å². The van der Waals surface area contributed by atoms with Crippen molar-refractivity contribution in [3.05, 3.63) is 17.7 Å². The van der Waals surface area contributed by atoms with Crippen molar-refractivity contribution in [2.24, 2.45) is 7.05 Å². The van der Waals surface area contributed by atoms with Crippen molar-refractivity contribution in [3.63, 3.8) is 0 Å². The van der Waals surface area contributed by atoms with Crippen LogP contribution >= 0.6 is 0 Å². The molecule has 0 amide bonds. The summed E-state index contributed by atoms with van der Waals surface area (Å²) >= 11 is 0. The summed E-state index contributed by atoms with van der Waals surface area (Å²) in [5.74, 6) is -0.896. The summed E-state index contributed by atoms with van der Waals surface area (Å²) in [4.78, 5) is 14.0. The number of hydrogen-bond acceptors (Lipinski definition) is 2. The number of aryl methyl sites for hydroxylation is 1. The molecule has 66 valence electrons. The molecule has 0 radical (unpaired) electrons. The Hall–Kier alpha value is -1.39. The molecule has 1 heterocycles. The number of aliphatic carboxylic acids is 1. The molecule has 0 spiro atoms. The van der Waals surface area contributed by atoms with Gasteiger partial charge in [-0.2, -0.15) is 0 Å². The number of hydrogen-bond donors (Lipinski definition) is 1. The fourth-order valence-corrected chi connectivity index (χ4v) is 0.882. The first-order valence-corrected chi connectivity index (χ1v) is 3.39. The second-order valence-electron chi connectivity index (χ2n) is 2.49. The van der Waals surface area contributed by atoms with Gasteiger partial charge < -0.3 is 9.67 Å². The molecule has 4 nitrogen and oxygen atoms in total. The zero-order chi connectivity index (χ0) is 9.30. The molecular formula is C7H9FN2O2. The van der Waals surface area contributed by atoms with Gasteiger partial charge in [0.05, 0.1) is 11.9 Å². The van der Waals surface area contributed by atoms with E-state index in [0.29, 0.717) is 5.82 Å². The quantitative estimate of drug-likeness (QED) is 0.718. The maximum absolute atomic E-state index is 12.9. The molecular weight excluding hydrogens is 163 g/mol. The van der Waals surface area contributed by atoms with Crippen LogP contribution in [0.3, 0.4) is 0 Å². The Kier molecular flexibility index (Phi) is 2.12. The summed E-state index contributed by atoms with van der Waals surface area (Å²) in [5, 5.41) is 8.35. The number of imidazole rings is 1. The lowest BCUT2D eigenvalue weighted by Crippen LogP contribution is -2.10. The van der Waals surface area contributed by atoms with Crippen molar-refractivity contribution in [2.45, 2.75) is 13.1 Å². The molecule has 0 saturated carbocycles. The van der Waals surface area contributed by atoms with Crippen LogP contribution < -0.4 is 0 Å². The average Bonchev–Trinajstić information content (AvgIpc) is 2.32. The molecule has 0 aliphatic heterocycles. The minimum Gasteiger partial charge on any atom is -0.479 e. The number of carboxylic acids is 1. The molecule has 0 aliphatic rings. The van der Waals surface area contributed by atoms with E-state index in [2.05, 4.69) is 4.98 Å². The van der Waals surface area contributed by atoms with Crippen molar-refractivity contribution in [3.8, 4) is 0 Å². The van der Waals surface area contributed by atoms with Gasteiger partial charge in [-0.1, -0.05) is 0 Å². The standard InChI is InChI=1S/C7H9FN2O2/c1-4-9-3-5(10(4)2)6(8)7(11)12/h3,6H,1-2H3,(H,11,12). The summed E-state index contributed by atoms with van der Waals surface area (Å²) in [7, 11) is 1.58. The van der Waals surface area contributed by atoms with Crippen molar-refractivity contribution in [1.29, 1.82) is 0 Å². The predicted octanol–water partition coefficient (Wildman–Crippen LogP) is 0.824. The Bertz CT molecular complexity index is 308. The topological polar surface area (TPSA) is 55.1 Å². The Morgan fingerprint density at radius 3 is 2.75 bits per heavy atom. The van der Waals surface area contributed by atoms with Gasteiger partial charge in [0.15, 0.2) is 0 Å². The van der Waals surface area contributed by atoms with Crippen LogP contribution in [-0.4, -0.2) is 20.6 Å². The van der Waals surface area contributed by atoms with Crippen molar-refractivity contribution in [2.75, 3.05) is 0 Å². The second kappa shape index (κ2) is 2.92. The molecule has 1 aromatic heterocycles. The summed E-state index contributed by atoms with van der Waals surface area (Å²) < 4.78 is 14.3. The lowest BCUT2D eigenvalue weighted by Gasteiger charge is -2.03. The van der Waals surface area contributed by atoms with E-state index < -0.39 is 12.1 Å². The number of halogens is 1. The zero-order valence-electron chi connectivity index (χ0n) is 6.78. The summed E-state index contributed by atoms with van der Waals surface area (Å²) in [5.41, 5.74) is 0.0694. The van der Waals surface area contributed by atoms with E-state index in [1.165, 1.54) is 10.8 Å². The Morgan fingerprint density at radius 1 is 1.83 bits per heavy atom. The highest BCUT2D eigenvalue weighted by molar-refractivity contribution is 5.73. The lowest BCUT2D eigenvalue weighted by molar-refractivity contribution is -0.143. The molecule has 12 heavy (non-hydrogen) atoms. The van der Waals surface area contributed by atoms with E-state index in [1.807, 2.05) is 0 Å². The molecule has 5 heteroatoms. The van der Waals surface area contributed by atoms with Gasteiger partial charge in [0.25, 0.3) is 0 Å². The smallest absolute Gasteiger partial charge is 0.344 e. The molecule has 0 fully saturated rings. The first kappa shape index (κ1) is 8.70. The number of carbonyl (C=O) groups is 1. The molecule has 0 saturated heterocycles. The molecule has 1 N–H and O–H groups in total.